The molecule has 1 aromatic carbocycles. The van der Waals surface area contributed by atoms with Gasteiger partial charge < -0.3 is 5.32 Å². The van der Waals surface area contributed by atoms with Crippen molar-refractivity contribution in [1.29, 1.82) is 0 Å². The number of hydrogen-bond donors (Lipinski definition) is 1. The number of nitrogens with one attached hydrogen (secondary N) is 1. The van der Waals surface area contributed by atoms with Crippen LogP contribution in [-0.4, -0.2) is 17.0 Å². The third-order valence-electron chi connectivity index (χ3n) is 3.29. The Morgan fingerprint density at radius 2 is 1.81 bits per heavy atom. The zero-order valence-corrected chi connectivity index (χ0v) is 15.2. The molecule has 0 saturated carbocycles. The molecule has 112 valence electrons. The van der Waals surface area contributed by atoms with Crippen LogP contribution in [0.4, 0.5) is 5.82 Å². The van der Waals surface area contributed by atoms with Crippen molar-refractivity contribution < 1.29 is 0 Å². The molecule has 0 amide bonds. The maximum absolute atomic E-state index is 4.78. The van der Waals surface area contributed by atoms with Crippen molar-refractivity contribution in [2.24, 2.45) is 5.92 Å². The minimum Gasteiger partial charge on any atom is -0.372 e. The fraction of sp³-hybridized carbons (Fsp3) is 0.412. The number of rotatable bonds is 5. The second-order valence-electron chi connectivity index (χ2n) is 5.76. The molecule has 4 heteroatoms. The normalized spacial score (nSPS) is 11.0. The highest BCUT2D eigenvalue weighted by molar-refractivity contribution is 14.1. The largest absolute Gasteiger partial charge is 0.372 e. The van der Waals surface area contributed by atoms with Crippen molar-refractivity contribution in [3.8, 4) is 0 Å². The summed E-state index contributed by atoms with van der Waals surface area (Å²) in [4.78, 5) is 9.43. The topological polar surface area (TPSA) is 37.8 Å². The van der Waals surface area contributed by atoms with E-state index in [1.54, 1.807) is 0 Å². The molecule has 0 aliphatic heterocycles. The average molecular weight is 395 g/mol. The number of aryl methyl sites for hydroxylation is 1. The Balaban J connectivity index is 2.32. The van der Waals surface area contributed by atoms with Gasteiger partial charge >= 0.3 is 0 Å². The number of nitrogens with zero attached hydrogens (tertiary/aromatic N) is 2. The molecule has 2 rings (SSSR count). The van der Waals surface area contributed by atoms with E-state index in [1.807, 2.05) is 7.05 Å². The van der Waals surface area contributed by atoms with Gasteiger partial charge in [0.1, 0.15) is 11.6 Å². The van der Waals surface area contributed by atoms with Crippen LogP contribution in [0.1, 0.15) is 36.5 Å². The lowest BCUT2D eigenvalue weighted by atomic mass is 10.1. The van der Waals surface area contributed by atoms with Gasteiger partial charge in [-0.2, -0.15) is 0 Å². The van der Waals surface area contributed by atoms with Gasteiger partial charge in [-0.3, -0.25) is 0 Å². The quantitative estimate of drug-likeness (QED) is 0.771. The molecule has 0 aliphatic rings. The van der Waals surface area contributed by atoms with Crippen LogP contribution in [0.15, 0.2) is 24.3 Å². The number of halogens is 1. The molecule has 0 fully saturated rings. The summed E-state index contributed by atoms with van der Waals surface area (Å²) in [6, 6.07) is 8.57. The zero-order chi connectivity index (χ0) is 15.4. The van der Waals surface area contributed by atoms with Gasteiger partial charge in [-0.25, -0.2) is 9.97 Å². The molecule has 0 radical (unpaired) electrons. The van der Waals surface area contributed by atoms with Gasteiger partial charge in [0.15, 0.2) is 0 Å². The van der Waals surface area contributed by atoms with Crippen molar-refractivity contribution in [2.75, 3.05) is 12.4 Å². The van der Waals surface area contributed by atoms with E-state index >= 15 is 0 Å². The highest BCUT2D eigenvalue weighted by Crippen LogP contribution is 2.22. The SMILES string of the molecule is CNc1nc(Cc2ccc(C)cc2)nc(CC(C)C)c1I. The fourth-order valence-electron chi connectivity index (χ4n) is 2.20. The van der Waals surface area contributed by atoms with Crippen LogP contribution >= 0.6 is 22.6 Å². The molecule has 0 spiro atoms. The van der Waals surface area contributed by atoms with E-state index in [9.17, 15) is 0 Å². The Labute approximate surface area is 140 Å². The van der Waals surface area contributed by atoms with Crippen molar-refractivity contribution in [3.63, 3.8) is 0 Å². The van der Waals surface area contributed by atoms with Gasteiger partial charge in [-0.1, -0.05) is 43.7 Å². The van der Waals surface area contributed by atoms with E-state index in [0.29, 0.717) is 5.92 Å². The van der Waals surface area contributed by atoms with Crippen LogP contribution < -0.4 is 5.32 Å². The van der Waals surface area contributed by atoms with E-state index in [2.05, 4.69) is 77.9 Å². The lowest BCUT2D eigenvalue weighted by Crippen LogP contribution is -2.10. The number of hydrogen-bond acceptors (Lipinski definition) is 3. The molecular weight excluding hydrogens is 373 g/mol. The van der Waals surface area contributed by atoms with Gasteiger partial charge in [-0.05, 0) is 47.4 Å². The third kappa shape index (κ3) is 4.40. The molecule has 21 heavy (non-hydrogen) atoms. The molecule has 1 aromatic heterocycles. The minimum atomic E-state index is 0.588. The molecule has 0 aliphatic carbocycles. The summed E-state index contributed by atoms with van der Waals surface area (Å²) in [5, 5.41) is 3.19. The minimum absolute atomic E-state index is 0.588. The zero-order valence-electron chi connectivity index (χ0n) is 13.1. The maximum Gasteiger partial charge on any atom is 0.143 e. The van der Waals surface area contributed by atoms with Gasteiger partial charge in [0.25, 0.3) is 0 Å². The van der Waals surface area contributed by atoms with Gasteiger partial charge in [0.05, 0.1) is 9.26 Å². The van der Waals surface area contributed by atoms with Crippen LogP contribution in [0.2, 0.25) is 0 Å². The maximum atomic E-state index is 4.78. The van der Waals surface area contributed by atoms with Crippen molar-refractivity contribution in [1.82, 2.24) is 9.97 Å². The molecule has 0 saturated heterocycles. The highest BCUT2D eigenvalue weighted by Gasteiger charge is 2.13. The third-order valence-corrected chi connectivity index (χ3v) is 4.42. The number of benzene rings is 1. The number of anilines is 1. The average Bonchev–Trinajstić information content (AvgIpc) is 2.44. The fourth-order valence-corrected chi connectivity index (χ4v) is 2.93. The smallest absolute Gasteiger partial charge is 0.143 e. The molecule has 0 atom stereocenters. The molecule has 1 N–H and O–H groups in total. The Hall–Kier alpha value is -1.17. The monoisotopic (exact) mass is 395 g/mol. The predicted molar refractivity (Wildman–Crippen MR) is 96.8 cm³/mol. The molecule has 2 aromatic rings. The van der Waals surface area contributed by atoms with Crippen LogP contribution in [0, 0.1) is 16.4 Å². The van der Waals surface area contributed by atoms with Gasteiger partial charge in [0.2, 0.25) is 0 Å². The van der Waals surface area contributed by atoms with Crippen molar-refractivity contribution >= 4 is 28.4 Å². The van der Waals surface area contributed by atoms with Crippen molar-refractivity contribution in [3.05, 3.63) is 50.5 Å². The van der Waals surface area contributed by atoms with E-state index in [1.165, 1.54) is 11.1 Å². The van der Waals surface area contributed by atoms with Crippen LogP contribution in [0.25, 0.3) is 0 Å². The summed E-state index contributed by atoms with van der Waals surface area (Å²) in [5.41, 5.74) is 3.67. The standard InChI is InChI=1S/C17H22IN3/c1-11(2)9-14-16(18)17(19-4)21-15(20-14)10-13-7-5-12(3)6-8-13/h5-8,11H,9-10H2,1-4H3,(H,19,20,21). The summed E-state index contributed by atoms with van der Waals surface area (Å²) >= 11 is 2.34. The van der Waals surface area contributed by atoms with Crippen LogP contribution in [0.3, 0.4) is 0 Å². The Kier molecular flexibility index (Phi) is 5.56. The summed E-state index contributed by atoms with van der Waals surface area (Å²) in [5.74, 6) is 2.41. The highest BCUT2D eigenvalue weighted by atomic mass is 127. The Bertz CT molecular complexity index is 606. The summed E-state index contributed by atoms with van der Waals surface area (Å²) < 4.78 is 1.14. The first-order chi connectivity index (χ1) is 9.99. The Morgan fingerprint density at radius 3 is 2.38 bits per heavy atom. The Morgan fingerprint density at radius 1 is 1.14 bits per heavy atom. The molecule has 0 unspecified atom stereocenters. The van der Waals surface area contributed by atoms with E-state index in [4.69, 9.17) is 4.98 Å². The van der Waals surface area contributed by atoms with Gasteiger partial charge in [-0.15, -0.1) is 0 Å². The second-order valence-corrected chi connectivity index (χ2v) is 6.84. The predicted octanol–water partition coefficient (Wildman–Crippen LogP) is 4.22. The van der Waals surface area contributed by atoms with Crippen LogP contribution in [0.5, 0.6) is 0 Å². The summed E-state index contributed by atoms with van der Waals surface area (Å²) in [6.07, 6.45) is 1.76. The van der Waals surface area contributed by atoms with Gasteiger partial charge in [0, 0.05) is 13.5 Å². The summed E-state index contributed by atoms with van der Waals surface area (Å²) in [6.45, 7) is 6.54. The molecular formula is C17H22IN3. The summed E-state index contributed by atoms with van der Waals surface area (Å²) in [7, 11) is 1.92. The molecule has 0 bridgehead atoms. The van der Waals surface area contributed by atoms with E-state index in [0.717, 1.165) is 33.7 Å². The number of aromatic nitrogens is 2. The second kappa shape index (κ2) is 7.20. The first kappa shape index (κ1) is 16.2. The van der Waals surface area contributed by atoms with E-state index < -0.39 is 0 Å². The van der Waals surface area contributed by atoms with E-state index in [-0.39, 0.29) is 0 Å². The van der Waals surface area contributed by atoms with Crippen molar-refractivity contribution in [2.45, 2.75) is 33.6 Å². The molecule has 3 nitrogen and oxygen atoms in total. The van der Waals surface area contributed by atoms with Crippen LogP contribution in [-0.2, 0) is 12.8 Å². The first-order valence-corrected chi connectivity index (χ1v) is 8.36. The first-order valence-electron chi connectivity index (χ1n) is 7.28. The molecule has 1 heterocycles. The lowest BCUT2D eigenvalue weighted by molar-refractivity contribution is 0.628. The lowest BCUT2D eigenvalue weighted by Gasteiger charge is -2.13.